The highest BCUT2D eigenvalue weighted by Gasteiger charge is 2.29. The number of aliphatic carboxylic acids is 1. The lowest BCUT2D eigenvalue weighted by molar-refractivity contribution is -0.137. The molecule has 0 heterocycles. The third kappa shape index (κ3) is 5.06. The van der Waals surface area contributed by atoms with Crippen molar-refractivity contribution in [3.05, 3.63) is 87.0 Å². The van der Waals surface area contributed by atoms with Gasteiger partial charge in [0, 0.05) is 28.6 Å². The number of nitrogens with zero attached hydrogens (tertiary/aromatic N) is 1. The molecule has 2 amide bonds. The lowest BCUT2D eigenvalue weighted by atomic mass is 9.98. The third-order valence-corrected chi connectivity index (χ3v) is 6.70. The number of fused-ring (bicyclic) bond motifs is 3. The Morgan fingerprint density at radius 2 is 1.62 bits per heavy atom. The van der Waals surface area contributed by atoms with Crippen LogP contribution in [0.5, 0.6) is 0 Å². The number of ether oxygens (including phenoxy) is 1. The number of rotatable bonds is 7. The molecular weight excluding hydrogens is 547 g/mol. The van der Waals surface area contributed by atoms with E-state index in [1.54, 1.807) is 25.2 Å². The maximum Gasteiger partial charge on any atom is 0.411 e. The normalized spacial score (nSPS) is 11.9. The largest absolute Gasteiger partial charge is 0.481 e. The number of benzene rings is 3. The van der Waals surface area contributed by atoms with Gasteiger partial charge in [-0.05, 0) is 63.0 Å². The van der Waals surface area contributed by atoms with Crippen LogP contribution < -0.4 is 5.32 Å². The second-order valence-electron chi connectivity index (χ2n) is 8.02. The Morgan fingerprint density at radius 1 is 1.00 bits per heavy atom. The maximum atomic E-state index is 12.6. The van der Waals surface area contributed by atoms with Gasteiger partial charge >= 0.3 is 12.1 Å². The maximum absolute atomic E-state index is 12.6. The first-order valence-electron chi connectivity index (χ1n) is 10.7. The molecule has 4 rings (SSSR count). The summed E-state index contributed by atoms with van der Waals surface area (Å²) in [5, 5.41) is 11.5. The SMILES string of the molecule is CN(CCC(=O)O)C(=O)c1ccc(NC(=O)OCC2c3ccccc3-c3ccccc32)c(I)c1. The van der Waals surface area contributed by atoms with Gasteiger partial charge in [-0.1, -0.05) is 48.5 Å². The average Bonchev–Trinajstić information content (AvgIpc) is 3.15. The van der Waals surface area contributed by atoms with Crippen molar-refractivity contribution in [3.8, 4) is 11.1 Å². The lowest BCUT2D eigenvalue weighted by Crippen LogP contribution is -2.29. The molecular formula is C26H23IN2O5. The fraction of sp³-hybridized carbons (Fsp3) is 0.192. The highest BCUT2D eigenvalue weighted by Crippen LogP contribution is 2.44. The number of halogens is 1. The Labute approximate surface area is 210 Å². The van der Waals surface area contributed by atoms with Gasteiger partial charge in [0.25, 0.3) is 5.91 Å². The molecule has 0 aliphatic heterocycles. The van der Waals surface area contributed by atoms with E-state index in [0.29, 0.717) is 14.8 Å². The van der Waals surface area contributed by atoms with Gasteiger partial charge in [-0.15, -0.1) is 0 Å². The first-order chi connectivity index (χ1) is 16.3. The molecule has 0 radical (unpaired) electrons. The molecule has 0 spiro atoms. The van der Waals surface area contributed by atoms with Crippen LogP contribution in [0.3, 0.4) is 0 Å². The molecule has 7 nitrogen and oxygen atoms in total. The van der Waals surface area contributed by atoms with Crippen LogP contribution in [0.1, 0.15) is 33.8 Å². The first-order valence-corrected chi connectivity index (χ1v) is 11.8. The topological polar surface area (TPSA) is 95.9 Å². The summed E-state index contributed by atoms with van der Waals surface area (Å²) in [5.74, 6) is -1.28. The van der Waals surface area contributed by atoms with Crippen LogP contribution in [0.25, 0.3) is 11.1 Å². The lowest BCUT2D eigenvalue weighted by Gasteiger charge is -2.17. The monoisotopic (exact) mass is 570 g/mol. The van der Waals surface area contributed by atoms with E-state index in [4.69, 9.17) is 9.84 Å². The number of amides is 2. The van der Waals surface area contributed by atoms with Crippen LogP contribution in [0, 0.1) is 3.57 Å². The van der Waals surface area contributed by atoms with Crippen LogP contribution in [-0.2, 0) is 9.53 Å². The Kier molecular flexibility index (Phi) is 7.16. The van der Waals surface area contributed by atoms with E-state index in [2.05, 4.69) is 29.6 Å². The predicted molar refractivity (Wildman–Crippen MR) is 137 cm³/mol. The molecule has 8 heteroatoms. The molecule has 0 saturated heterocycles. The third-order valence-electron chi connectivity index (χ3n) is 5.80. The quantitative estimate of drug-likeness (QED) is 0.381. The van der Waals surface area contributed by atoms with Crippen LogP contribution in [0.4, 0.5) is 10.5 Å². The van der Waals surface area contributed by atoms with E-state index in [0.717, 1.165) is 22.3 Å². The molecule has 174 valence electrons. The Bertz CT molecular complexity index is 1210. The summed E-state index contributed by atoms with van der Waals surface area (Å²) < 4.78 is 6.25. The molecule has 34 heavy (non-hydrogen) atoms. The van der Waals surface area contributed by atoms with Crippen molar-refractivity contribution in [2.24, 2.45) is 0 Å². The van der Waals surface area contributed by atoms with Gasteiger partial charge < -0.3 is 14.7 Å². The number of hydrogen-bond donors (Lipinski definition) is 2. The van der Waals surface area contributed by atoms with Crippen LogP contribution in [-0.4, -0.2) is 48.2 Å². The van der Waals surface area contributed by atoms with Gasteiger partial charge in [0.15, 0.2) is 0 Å². The number of nitrogens with one attached hydrogen (secondary N) is 1. The van der Waals surface area contributed by atoms with Gasteiger partial charge in [0.1, 0.15) is 6.61 Å². The van der Waals surface area contributed by atoms with Crippen molar-refractivity contribution < 1.29 is 24.2 Å². The highest BCUT2D eigenvalue weighted by atomic mass is 127. The van der Waals surface area contributed by atoms with E-state index in [-0.39, 0.29) is 31.4 Å². The van der Waals surface area contributed by atoms with Gasteiger partial charge in [-0.3, -0.25) is 14.9 Å². The van der Waals surface area contributed by atoms with Gasteiger partial charge in [0.05, 0.1) is 12.1 Å². The zero-order valence-corrected chi connectivity index (χ0v) is 20.6. The molecule has 0 atom stereocenters. The Hall–Kier alpha value is -3.40. The van der Waals surface area contributed by atoms with Crippen molar-refractivity contribution in [2.75, 3.05) is 25.5 Å². The number of carboxylic acids is 1. The minimum absolute atomic E-state index is 0.0291. The second kappa shape index (κ2) is 10.3. The molecule has 2 N–H and O–H groups in total. The Morgan fingerprint density at radius 3 is 2.21 bits per heavy atom. The number of carboxylic acid groups (broad SMARTS) is 1. The zero-order valence-electron chi connectivity index (χ0n) is 18.5. The fourth-order valence-corrected chi connectivity index (χ4v) is 4.73. The van der Waals surface area contributed by atoms with Gasteiger partial charge in [0.2, 0.25) is 0 Å². The van der Waals surface area contributed by atoms with E-state index in [1.807, 2.05) is 46.9 Å². The van der Waals surface area contributed by atoms with Gasteiger partial charge in [-0.2, -0.15) is 0 Å². The summed E-state index contributed by atoms with van der Waals surface area (Å²) in [6.45, 7) is 0.325. The predicted octanol–water partition coefficient (Wildman–Crippen LogP) is 5.20. The van der Waals surface area contributed by atoms with Crippen molar-refractivity contribution in [1.29, 1.82) is 0 Å². The molecule has 0 fully saturated rings. The van der Waals surface area contributed by atoms with E-state index in [1.165, 1.54) is 4.90 Å². The van der Waals surface area contributed by atoms with Crippen LogP contribution >= 0.6 is 22.6 Å². The van der Waals surface area contributed by atoms with Crippen molar-refractivity contribution in [2.45, 2.75) is 12.3 Å². The second-order valence-corrected chi connectivity index (χ2v) is 9.18. The number of anilines is 1. The van der Waals surface area contributed by atoms with E-state index >= 15 is 0 Å². The molecule has 0 aromatic heterocycles. The molecule has 0 saturated carbocycles. The fourth-order valence-electron chi connectivity index (χ4n) is 4.08. The van der Waals surface area contributed by atoms with Crippen LogP contribution in [0.2, 0.25) is 0 Å². The summed E-state index contributed by atoms with van der Waals surface area (Å²) in [7, 11) is 1.56. The summed E-state index contributed by atoms with van der Waals surface area (Å²) in [6.07, 6.45) is -0.696. The van der Waals surface area contributed by atoms with Crippen molar-refractivity contribution in [1.82, 2.24) is 4.90 Å². The number of hydrogen-bond acceptors (Lipinski definition) is 4. The molecule has 3 aromatic rings. The summed E-state index contributed by atoms with van der Waals surface area (Å²) in [4.78, 5) is 37.2. The summed E-state index contributed by atoms with van der Waals surface area (Å²) in [6, 6.07) is 21.2. The van der Waals surface area contributed by atoms with E-state index in [9.17, 15) is 14.4 Å². The molecule has 0 bridgehead atoms. The first kappa shape index (κ1) is 23.7. The van der Waals surface area contributed by atoms with Gasteiger partial charge in [-0.25, -0.2) is 4.79 Å². The molecule has 1 aliphatic carbocycles. The standard InChI is InChI=1S/C26H23IN2O5/c1-29(13-12-24(30)31)25(32)16-10-11-23(22(27)14-16)28-26(33)34-15-21-19-8-4-2-6-17(19)18-7-3-5-9-20(18)21/h2-11,14,21H,12-13,15H2,1H3,(H,28,33)(H,30,31). The smallest absolute Gasteiger partial charge is 0.411 e. The van der Waals surface area contributed by atoms with Crippen molar-refractivity contribution >= 4 is 46.2 Å². The average molecular weight is 570 g/mol. The van der Waals surface area contributed by atoms with Crippen LogP contribution in [0.15, 0.2) is 66.7 Å². The molecule has 0 unspecified atom stereocenters. The molecule has 3 aromatic carbocycles. The highest BCUT2D eigenvalue weighted by molar-refractivity contribution is 14.1. The van der Waals surface area contributed by atoms with Crippen molar-refractivity contribution in [3.63, 3.8) is 0 Å². The minimum atomic E-state index is -0.961. The summed E-state index contributed by atoms with van der Waals surface area (Å²) in [5.41, 5.74) is 5.55. The number of carbonyl (C=O) groups is 3. The summed E-state index contributed by atoms with van der Waals surface area (Å²) >= 11 is 2.04. The molecule has 1 aliphatic rings. The minimum Gasteiger partial charge on any atom is -0.481 e. The Balaban J connectivity index is 1.39. The van der Waals surface area contributed by atoms with E-state index < -0.39 is 12.1 Å². The zero-order chi connectivity index (χ0) is 24.2. The number of carbonyl (C=O) groups excluding carboxylic acids is 2.